The lowest BCUT2D eigenvalue weighted by Gasteiger charge is -2.16. The highest BCUT2D eigenvalue weighted by Gasteiger charge is 2.16. The first kappa shape index (κ1) is 17.7. The van der Waals surface area contributed by atoms with E-state index in [0.717, 1.165) is 44.9 Å². The van der Waals surface area contributed by atoms with E-state index in [4.69, 9.17) is 9.47 Å². The predicted molar refractivity (Wildman–Crippen MR) is 111 cm³/mol. The van der Waals surface area contributed by atoms with Crippen LogP contribution in [-0.4, -0.2) is 24.2 Å². The first-order valence-corrected chi connectivity index (χ1v) is 8.98. The van der Waals surface area contributed by atoms with Crippen molar-refractivity contribution < 1.29 is 9.47 Å². The minimum absolute atomic E-state index is 0.817. The van der Waals surface area contributed by atoms with Crippen LogP contribution in [0.15, 0.2) is 85.5 Å². The second-order valence-corrected chi connectivity index (χ2v) is 6.24. The van der Waals surface area contributed by atoms with Gasteiger partial charge in [-0.05, 0) is 35.4 Å². The third kappa shape index (κ3) is 3.21. The van der Waals surface area contributed by atoms with Gasteiger partial charge in [0.2, 0.25) is 0 Å². The summed E-state index contributed by atoms with van der Waals surface area (Å²) in [5.41, 5.74) is 6.07. The molecule has 28 heavy (non-hydrogen) atoms. The molecule has 0 atom stereocenters. The van der Waals surface area contributed by atoms with Crippen LogP contribution in [0, 0.1) is 0 Å². The highest BCUT2D eigenvalue weighted by molar-refractivity contribution is 5.93. The van der Waals surface area contributed by atoms with Crippen LogP contribution in [-0.2, 0) is 0 Å². The largest absolute Gasteiger partial charge is 0.496 e. The van der Waals surface area contributed by atoms with E-state index in [0.29, 0.717) is 0 Å². The number of rotatable bonds is 5. The summed E-state index contributed by atoms with van der Waals surface area (Å²) in [6.45, 7) is 0. The Kier molecular flexibility index (Phi) is 5.02. The zero-order valence-electron chi connectivity index (χ0n) is 15.8. The van der Waals surface area contributed by atoms with E-state index < -0.39 is 0 Å². The van der Waals surface area contributed by atoms with Crippen molar-refractivity contribution in [2.45, 2.75) is 0 Å². The maximum absolute atomic E-state index is 5.59. The van der Waals surface area contributed by atoms with Crippen LogP contribution < -0.4 is 9.47 Å². The van der Waals surface area contributed by atoms with Gasteiger partial charge in [0, 0.05) is 47.0 Å². The van der Waals surface area contributed by atoms with Gasteiger partial charge in [-0.1, -0.05) is 36.4 Å². The van der Waals surface area contributed by atoms with Gasteiger partial charge >= 0.3 is 0 Å². The number of nitrogens with zero attached hydrogens (tertiary/aromatic N) is 2. The van der Waals surface area contributed by atoms with Gasteiger partial charge in [0.15, 0.2) is 0 Å². The van der Waals surface area contributed by atoms with Crippen molar-refractivity contribution in [1.82, 2.24) is 9.97 Å². The maximum Gasteiger partial charge on any atom is 0.126 e. The van der Waals surface area contributed by atoms with Crippen LogP contribution in [0.5, 0.6) is 11.5 Å². The summed E-state index contributed by atoms with van der Waals surface area (Å²) in [7, 11) is 3.37. The van der Waals surface area contributed by atoms with Crippen LogP contribution in [0.3, 0.4) is 0 Å². The molecule has 0 unspecified atom stereocenters. The van der Waals surface area contributed by atoms with E-state index in [1.807, 2.05) is 60.9 Å². The number of hydrogen-bond donors (Lipinski definition) is 0. The van der Waals surface area contributed by atoms with Crippen LogP contribution in [0.25, 0.3) is 33.4 Å². The van der Waals surface area contributed by atoms with E-state index in [1.54, 1.807) is 26.6 Å². The molecule has 0 bridgehead atoms. The van der Waals surface area contributed by atoms with Crippen molar-refractivity contribution in [1.29, 1.82) is 0 Å². The van der Waals surface area contributed by atoms with E-state index in [-0.39, 0.29) is 0 Å². The average molecular weight is 368 g/mol. The molecule has 0 N–H and O–H groups in total. The summed E-state index contributed by atoms with van der Waals surface area (Å²) in [6.07, 6.45) is 7.34. The highest BCUT2D eigenvalue weighted by Crippen LogP contribution is 2.41. The van der Waals surface area contributed by atoms with Crippen molar-refractivity contribution in [3.05, 3.63) is 85.5 Å². The molecule has 0 aliphatic carbocycles. The molecule has 0 radical (unpaired) electrons. The van der Waals surface area contributed by atoms with Gasteiger partial charge in [-0.25, -0.2) is 0 Å². The molecule has 2 aromatic heterocycles. The quantitative estimate of drug-likeness (QED) is 0.467. The number of benzene rings is 2. The summed E-state index contributed by atoms with van der Waals surface area (Å²) in [6, 6.07) is 20.0. The number of hydrogen-bond acceptors (Lipinski definition) is 4. The van der Waals surface area contributed by atoms with E-state index >= 15 is 0 Å². The SMILES string of the molecule is COc1ccccc1-c1ccncc1-c1cnccc1-c1ccccc1OC. The van der Waals surface area contributed by atoms with E-state index in [1.165, 1.54) is 0 Å². The first-order chi connectivity index (χ1) is 13.8. The third-order valence-electron chi connectivity index (χ3n) is 4.73. The van der Waals surface area contributed by atoms with Gasteiger partial charge in [0.25, 0.3) is 0 Å². The minimum atomic E-state index is 0.817. The molecule has 0 amide bonds. The molecule has 138 valence electrons. The Hall–Kier alpha value is -3.66. The van der Waals surface area contributed by atoms with Gasteiger partial charge in [0.05, 0.1) is 14.2 Å². The molecular formula is C24H20N2O2. The summed E-state index contributed by atoms with van der Waals surface area (Å²) < 4.78 is 11.2. The average Bonchev–Trinajstić information content (AvgIpc) is 2.79. The second-order valence-electron chi connectivity index (χ2n) is 6.24. The van der Waals surface area contributed by atoms with E-state index in [9.17, 15) is 0 Å². The lowest BCUT2D eigenvalue weighted by atomic mass is 9.91. The first-order valence-electron chi connectivity index (χ1n) is 8.98. The summed E-state index contributed by atoms with van der Waals surface area (Å²) >= 11 is 0. The van der Waals surface area contributed by atoms with Crippen molar-refractivity contribution in [2.75, 3.05) is 14.2 Å². The van der Waals surface area contributed by atoms with Crippen molar-refractivity contribution in [3.63, 3.8) is 0 Å². The van der Waals surface area contributed by atoms with Gasteiger partial charge in [0.1, 0.15) is 11.5 Å². The van der Waals surface area contributed by atoms with Crippen molar-refractivity contribution in [3.8, 4) is 44.9 Å². The zero-order valence-corrected chi connectivity index (χ0v) is 15.8. The Bertz CT molecular complexity index is 1020. The van der Waals surface area contributed by atoms with Crippen LogP contribution in [0.4, 0.5) is 0 Å². The van der Waals surface area contributed by atoms with Crippen molar-refractivity contribution >= 4 is 0 Å². The molecule has 0 saturated carbocycles. The Labute approximate surface area is 164 Å². The zero-order chi connectivity index (χ0) is 19.3. The fraction of sp³-hybridized carbons (Fsp3) is 0.0833. The summed E-state index contributed by atoms with van der Waals surface area (Å²) in [5.74, 6) is 1.63. The number of aromatic nitrogens is 2. The number of para-hydroxylation sites is 2. The molecule has 4 rings (SSSR count). The molecular weight excluding hydrogens is 348 g/mol. The topological polar surface area (TPSA) is 44.2 Å². The Morgan fingerprint density at radius 2 is 0.929 bits per heavy atom. The second kappa shape index (κ2) is 7.92. The minimum Gasteiger partial charge on any atom is -0.496 e. The van der Waals surface area contributed by atoms with Crippen LogP contribution >= 0.6 is 0 Å². The molecule has 4 heteroatoms. The summed E-state index contributed by atoms with van der Waals surface area (Å²) in [4.78, 5) is 8.76. The maximum atomic E-state index is 5.59. The fourth-order valence-corrected chi connectivity index (χ4v) is 3.42. The molecule has 0 saturated heterocycles. The highest BCUT2D eigenvalue weighted by atomic mass is 16.5. The van der Waals surface area contributed by atoms with Crippen molar-refractivity contribution in [2.24, 2.45) is 0 Å². The monoisotopic (exact) mass is 368 g/mol. The molecule has 0 aliphatic rings. The molecule has 0 fully saturated rings. The number of pyridine rings is 2. The lowest BCUT2D eigenvalue weighted by molar-refractivity contribution is 0.416. The van der Waals surface area contributed by atoms with Crippen LogP contribution in [0.1, 0.15) is 0 Å². The smallest absolute Gasteiger partial charge is 0.126 e. The molecule has 2 aromatic carbocycles. The normalized spacial score (nSPS) is 10.5. The number of ether oxygens (including phenoxy) is 2. The molecule has 4 nitrogen and oxygen atoms in total. The predicted octanol–water partition coefficient (Wildman–Crippen LogP) is 5.49. The Balaban J connectivity index is 1.96. The Morgan fingerprint density at radius 3 is 1.36 bits per heavy atom. The fourth-order valence-electron chi connectivity index (χ4n) is 3.42. The van der Waals surface area contributed by atoms with Gasteiger partial charge in [-0.3, -0.25) is 9.97 Å². The lowest BCUT2D eigenvalue weighted by Crippen LogP contribution is -1.94. The van der Waals surface area contributed by atoms with Gasteiger partial charge in [-0.2, -0.15) is 0 Å². The van der Waals surface area contributed by atoms with E-state index in [2.05, 4.69) is 22.1 Å². The molecule has 0 spiro atoms. The number of methoxy groups -OCH3 is 2. The summed E-state index contributed by atoms with van der Waals surface area (Å²) in [5, 5.41) is 0. The third-order valence-corrected chi connectivity index (χ3v) is 4.73. The molecule has 0 aliphatic heterocycles. The molecule has 2 heterocycles. The standard InChI is InChI=1S/C24H20N2O2/c1-27-23-9-5-3-7-19(23)17-11-13-25-15-21(17)22-16-26-14-12-18(22)20-8-4-6-10-24(20)28-2/h3-16H,1-2H3. The van der Waals surface area contributed by atoms with Crippen LogP contribution in [0.2, 0.25) is 0 Å². The Morgan fingerprint density at radius 1 is 0.500 bits per heavy atom. The van der Waals surface area contributed by atoms with Gasteiger partial charge in [-0.15, -0.1) is 0 Å². The van der Waals surface area contributed by atoms with Gasteiger partial charge < -0.3 is 9.47 Å². The molecule has 4 aromatic rings.